The second kappa shape index (κ2) is 6.97. The quantitative estimate of drug-likeness (QED) is 0.875. The highest BCUT2D eigenvalue weighted by molar-refractivity contribution is 7.15. The number of thiazole rings is 1. The van der Waals surface area contributed by atoms with Crippen LogP contribution in [0.3, 0.4) is 0 Å². The number of aryl methyl sites for hydroxylation is 1. The highest BCUT2D eigenvalue weighted by Gasteiger charge is 2.16. The van der Waals surface area contributed by atoms with Gasteiger partial charge in [0.25, 0.3) is 0 Å². The number of ether oxygens (including phenoxy) is 1. The molecular formula is C16H22N2OS. The van der Waals surface area contributed by atoms with E-state index in [0.29, 0.717) is 12.6 Å². The van der Waals surface area contributed by atoms with Gasteiger partial charge >= 0.3 is 0 Å². The van der Waals surface area contributed by atoms with Crippen molar-refractivity contribution < 1.29 is 4.74 Å². The number of rotatable bonds is 6. The molecule has 0 radical (unpaired) electrons. The van der Waals surface area contributed by atoms with Crippen LogP contribution in [0.15, 0.2) is 24.3 Å². The minimum Gasteiger partial charge on any atom is -0.380 e. The fourth-order valence-corrected chi connectivity index (χ4v) is 3.49. The molecule has 1 N–H and O–H groups in total. The lowest BCUT2D eigenvalue weighted by molar-refractivity contribution is 0.185. The Labute approximate surface area is 125 Å². The molecule has 4 heteroatoms. The van der Waals surface area contributed by atoms with E-state index in [1.165, 1.54) is 16.0 Å². The molecule has 1 aromatic heterocycles. The van der Waals surface area contributed by atoms with E-state index in [1.54, 1.807) is 18.4 Å². The monoisotopic (exact) mass is 290 g/mol. The molecule has 1 atom stereocenters. The SMILES string of the molecule is CCNC(C)c1sc(-c2ccccc2COC)nc1C. The molecule has 1 unspecified atom stereocenters. The van der Waals surface area contributed by atoms with E-state index in [-0.39, 0.29) is 0 Å². The summed E-state index contributed by atoms with van der Waals surface area (Å²) in [6.45, 7) is 7.99. The number of nitrogens with zero attached hydrogens (tertiary/aromatic N) is 1. The third-order valence-electron chi connectivity index (χ3n) is 3.28. The number of hydrogen-bond donors (Lipinski definition) is 1. The van der Waals surface area contributed by atoms with E-state index in [1.807, 2.05) is 6.07 Å². The van der Waals surface area contributed by atoms with E-state index in [9.17, 15) is 0 Å². The lowest BCUT2D eigenvalue weighted by atomic mass is 10.1. The molecule has 0 saturated heterocycles. The van der Waals surface area contributed by atoms with Gasteiger partial charge in [0.05, 0.1) is 12.3 Å². The molecule has 0 aliphatic heterocycles. The minimum absolute atomic E-state index is 0.348. The van der Waals surface area contributed by atoms with E-state index in [4.69, 9.17) is 9.72 Å². The number of nitrogens with one attached hydrogen (secondary N) is 1. The molecule has 0 fully saturated rings. The van der Waals surface area contributed by atoms with Gasteiger partial charge in [-0.05, 0) is 26.0 Å². The molecule has 20 heavy (non-hydrogen) atoms. The van der Waals surface area contributed by atoms with Gasteiger partial charge in [0.2, 0.25) is 0 Å². The summed E-state index contributed by atoms with van der Waals surface area (Å²) in [7, 11) is 1.72. The lowest BCUT2D eigenvalue weighted by Crippen LogP contribution is -2.17. The van der Waals surface area contributed by atoms with E-state index < -0.39 is 0 Å². The van der Waals surface area contributed by atoms with Gasteiger partial charge in [0.1, 0.15) is 5.01 Å². The fraction of sp³-hybridized carbons (Fsp3) is 0.438. The summed E-state index contributed by atoms with van der Waals surface area (Å²) in [6, 6.07) is 8.66. The normalized spacial score (nSPS) is 12.6. The first-order valence-corrected chi connectivity index (χ1v) is 7.77. The Morgan fingerprint density at radius 2 is 2.10 bits per heavy atom. The molecule has 0 spiro atoms. The number of hydrogen-bond acceptors (Lipinski definition) is 4. The lowest BCUT2D eigenvalue weighted by Gasteiger charge is -2.10. The topological polar surface area (TPSA) is 34.1 Å². The van der Waals surface area contributed by atoms with Crippen molar-refractivity contribution in [1.29, 1.82) is 0 Å². The van der Waals surface area contributed by atoms with Crippen molar-refractivity contribution in [3.63, 3.8) is 0 Å². The first-order valence-electron chi connectivity index (χ1n) is 6.95. The zero-order valence-corrected chi connectivity index (χ0v) is 13.4. The summed E-state index contributed by atoms with van der Waals surface area (Å²) >= 11 is 1.77. The fourth-order valence-electron chi connectivity index (χ4n) is 2.33. The first kappa shape index (κ1) is 15.2. The smallest absolute Gasteiger partial charge is 0.124 e. The molecule has 0 bridgehead atoms. The Balaban J connectivity index is 2.37. The maximum Gasteiger partial charge on any atom is 0.124 e. The van der Waals surface area contributed by atoms with Crippen molar-refractivity contribution in [2.45, 2.75) is 33.4 Å². The van der Waals surface area contributed by atoms with E-state index in [0.717, 1.165) is 17.2 Å². The Kier molecular flexibility index (Phi) is 5.29. The van der Waals surface area contributed by atoms with Crippen LogP contribution in [0.2, 0.25) is 0 Å². The molecule has 0 aliphatic carbocycles. The van der Waals surface area contributed by atoms with Crippen molar-refractivity contribution in [3.8, 4) is 10.6 Å². The van der Waals surface area contributed by atoms with Crippen LogP contribution in [-0.4, -0.2) is 18.6 Å². The van der Waals surface area contributed by atoms with Gasteiger partial charge in [-0.2, -0.15) is 0 Å². The van der Waals surface area contributed by atoms with Gasteiger partial charge in [-0.25, -0.2) is 4.98 Å². The Hall–Kier alpha value is -1.23. The molecule has 3 nitrogen and oxygen atoms in total. The summed E-state index contributed by atoms with van der Waals surface area (Å²) in [4.78, 5) is 6.06. The third kappa shape index (κ3) is 3.26. The van der Waals surface area contributed by atoms with Crippen molar-refractivity contribution in [2.75, 3.05) is 13.7 Å². The molecular weight excluding hydrogens is 268 g/mol. The predicted octanol–water partition coefficient (Wildman–Crippen LogP) is 3.94. The van der Waals surface area contributed by atoms with Gasteiger partial charge in [0, 0.05) is 23.6 Å². The second-order valence-electron chi connectivity index (χ2n) is 4.84. The summed E-state index contributed by atoms with van der Waals surface area (Å²) in [5, 5.41) is 4.53. The molecule has 108 valence electrons. The summed E-state index contributed by atoms with van der Waals surface area (Å²) in [6.07, 6.45) is 0. The number of aromatic nitrogens is 1. The standard InChI is InChI=1S/C16H22N2OS/c1-5-17-11(2)15-12(3)18-16(20-15)14-9-7-6-8-13(14)10-19-4/h6-9,11,17H,5,10H2,1-4H3. The van der Waals surface area contributed by atoms with Crippen molar-refractivity contribution in [3.05, 3.63) is 40.4 Å². The maximum absolute atomic E-state index is 5.28. The Morgan fingerprint density at radius 3 is 2.80 bits per heavy atom. The van der Waals surface area contributed by atoms with Crippen molar-refractivity contribution >= 4 is 11.3 Å². The van der Waals surface area contributed by atoms with Crippen LogP contribution < -0.4 is 5.32 Å². The van der Waals surface area contributed by atoms with Crippen LogP contribution in [0.25, 0.3) is 10.6 Å². The molecule has 2 rings (SSSR count). The molecule has 0 amide bonds. The summed E-state index contributed by atoms with van der Waals surface area (Å²) < 4.78 is 5.28. The van der Waals surface area contributed by atoms with Crippen LogP contribution in [0.1, 0.15) is 36.0 Å². The van der Waals surface area contributed by atoms with Gasteiger partial charge in [-0.1, -0.05) is 31.2 Å². The highest BCUT2D eigenvalue weighted by Crippen LogP contribution is 2.33. The van der Waals surface area contributed by atoms with Gasteiger partial charge in [-0.15, -0.1) is 11.3 Å². The first-order chi connectivity index (χ1) is 9.67. The third-order valence-corrected chi connectivity index (χ3v) is 4.66. The molecule has 2 aromatic rings. The van der Waals surface area contributed by atoms with Gasteiger partial charge in [-0.3, -0.25) is 0 Å². The minimum atomic E-state index is 0.348. The molecule has 1 heterocycles. The zero-order chi connectivity index (χ0) is 14.5. The Morgan fingerprint density at radius 1 is 1.35 bits per heavy atom. The number of methoxy groups -OCH3 is 1. The average molecular weight is 290 g/mol. The van der Waals surface area contributed by atoms with Gasteiger partial charge in [0.15, 0.2) is 0 Å². The Bertz CT molecular complexity index is 565. The average Bonchev–Trinajstić information content (AvgIpc) is 2.82. The molecule has 0 saturated carbocycles. The summed E-state index contributed by atoms with van der Waals surface area (Å²) in [5.41, 5.74) is 3.48. The van der Waals surface area contributed by atoms with Crippen molar-refractivity contribution in [1.82, 2.24) is 10.3 Å². The van der Waals surface area contributed by atoms with Crippen LogP contribution in [0.4, 0.5) is 0 Å². The highest BCUT2D eigenvalue weighted by atomic mass is 32.1. The van der Waals surface area contributed by atoms with Crippen LogP contribution in [-0.2, 0) is 11.3 Å². The van der Waals surface area contributed by atoms with Crippen molar-refractivity contribution in [2.24, 2.45) is 0 Å². The number of benzene rings is 1. The zero-order valence-electron chi connectivity index (χ0n) is 12.6. The maximum atomic E-state index is 5.28. The van der Waals surface area contributed by atoms with Gasteiger partial charge < -0.3 is 10.1 Å². The predicted molar refractivity (Wildman–Crippen MR) is 85.1 cm³/mol. The molecule has 1 aromatic carbocycles. The van der Waals surface area contributed by atoms with Crippen LogP contribution in [0.5, 0.6) is 0 Å². The second-order valence-corrected chi connectivity index (χ2v) is 5.87. The van der Waals surface area contributed by atoms with Crippen LogP contribution in [0, 0.1) is 6.92 Å². The summed E-state index contributed by atoms with van der Waals surface area (Å²) in [5.74, 6) is 0. The molecule has 0 aliphatic rings. The van der Waals surface area contributed by atoms with E-state index >= 15 is 0 Å². The van der Waals surface area contributed by atoms with Crippen LogP contribution >= 0.6 is 11.3 Å². The largest absolute Gasteiger partial charge is 0.380 e. The van der Waals surface area contributed by atoms with E-state index in [2.05, 4.69) is 44.3 Å².